The highest BCUT2D eigenvalue weighted by atomic mass is 32.2. The van der Waals surface area contributed by atoms with Crippen LogP contribution in [0.3, 0.4) is 0 Å². The molecule has 1 aliphatic heterocycles. The molecule has 3 N–H and O–H groups in total. The molecule has 2 heterocycles. The molecule has 2 aromatic carbocycles. The van der Waals surface area contributed by atoms with Crippen molar-refractivity contribution in [3.05, 3.63) is 60.7 Å². The second-order valence-corrected chi connectivity index (χ2v) is 8.71. The third-order valence-corrected chi connectivity index (χ3v) is 6.44. The number of hydrogen-bond donors (Lipinski definition) is 2. The van der Waals surface area contributed by atoms with Crippen molar-refractivity contribution in [1.82, 2.24) is 15.3 Å². The molecule has 8 nitrogen and oxygen atoms in total. The number of sulfone groups is 1. The number of rotatable bonds is 5. The molecule has 1 unspecified atom stereocenters. The molecule has 0 aliphatic carbocycles. The van der Waals surface area contributed by atoms with E-state index in [0.717, 1.165) is 0 Å². The fraction of sp³-hybridized carbons (Fsp3) is 0.150. The maximum Gasteiger partial charge on any atom is 0.407 e. The normalized spacial score (nSPS) is 16.2. The molecule has 1 aliphatic rings. The van der Waals surface area contributed by atoms with Gasteiger partial charge in [-0.15, -0.1) is 0 Å². The summed E-state index contributed by atoms with van der Waals surface area (Å²) < 4.78 is 45.7. The number of nitrogens with two attached hydrogens (primary N) is 1. The number of alkyl carbamates (subject to hydrolysis) is 1. The predicted molar refractivity (Wildman–Crippen MR) is 108 cm³/mol. The lowest BCUT2D eigenvalue weighted by Gasteiger charge is -2.14. The van der Waals surface area contributed by atoms with Crippen LogP contribution in [0.25, 0.3) is 22.4 Å². The maximum absolute atomic E-state index is 14.8. The van der Waals surface area contributed by atoms with Gasteiger partial charge in [0, 0.05) is 11.1 Å². The standard InChI is InChI=1S/C20H17FN4O4S/c21-16-7-12(5-6-15(16)17-9-24-19(22)10-23-17)14-3-1-2-4-18(14)30(27,28)11-13-8-25-20(26)29-13/h1-7,9-10,13H,8,11H2,(H2,22,24)(H,25,26). The van der Waals surface area contributed by atoms with Crippen LogP contribution in [0.5, 0.6) is 0 Å². The van der Waals surface area contributed by atoms with Crippen LogP contribution < -0.4 is 11.1 Å². The van der Waals surface area contributed by atoms with Gasteiger partial charge in [0.1, 0.15) is 17.7 Å². The number of aromatic nitrogens is 2. The maximum atomic E-state index is 14.8. The first-order valence-corrected chi connectivity index (χ1v) is 10.6. The van der Waals surface area contributed by atoms with Crippen molar-refractivity contribution >= 4 is 21.7 Å². The minimum atomic E-state index is -3.80. The van der Waals surface area contributed by atoms with E-state index >= 15 is 0 Å². The Morgan fingerprint density at radius 2 is 1.93 bits per heavy atom. The summed E-state index contributed by atoms with van der Waals surface area (Å²) in [5, 5.41) is 2.43. The monoisotopic (exact) mass is 428 g/mol. The number of carbonyl (C=O) groups is 1. The number of carbonyl (C=O) groups excluding carboxylic acids is 1. The fourth-order valence-corrected chi connectivity index (χ4v) is 4.86. The predicted octanol–water partition coefficient (Wildman–Crippen LogP) is 2.41. The van der Waals surface area contributed by atoms with Gasteiger partial charge >= 0.3 is 6.09 Å². The Balaban J connectivity index is 1.69. The summed E-state index contributed by atoms with van der Waals surface area (Å²) in [4.78, 5) is 19.2. The van der Waals surface area contributed by atoms with Gasteiger partial charge in [0.25, 0.3) is 0 Å². The zero-order valence-corrected chi connectivity index (χ0v) is 16.4. The van der Waals surface area contributed by atoms with Crippen LogP contribution >= 0.6 is 0 Å². The zero-order valence-electron chi connectivity index (χ0n) is 15.6. The van der Waals surface area contributed by atoms with E-state index in [2.05, 4.69) is 15.3 Å². The number of hydrogen-bond acceptors (Lipinski definition) is 7. The summed E-state index contributed by atoms with van der Waals surface area (Å²) >= 11 is 0. The first-order valence-electron chi connectivity index (χ1n) is 8.97. The van der Waals surface area contributed by atoms with Crippen molar-refractivity contribution in [2.24, 2.45) is 0 Å². The summed E-state index contributed by atoms with van der Waals surface area (Å²) in [6.45, 7) is 0.117. The van der Waals surface area contributed by atoms with Crippen molar-refractivity contribution < 1.29 is 22.3 Å². The van der Waals surface area contributed by atoms with E-state index in [0.29, 0.717) is 16.8 Å². The second-order valence-electron chi connectivity index (χ2n) is 6.71. The van der Waals surface area contributed by atoms with E-state index in [4.69, 9.17) is 10.5 Å². The van der Waals surface area contributed by atoms with Crippen molar-refractivity contribution in [2.75, 3.05) is 18.0 Å². The Labute approximate surface area is 171 Å². The molecule has 1 aromatic heterocycles. The Kier molecular flexibility index (Phi) is 5.08. The van der Waals surface area contributed by atoms with Gasteiger partial charge in [0.05, 0.1) is 35.3 Å². The highest BCUT2D eigenvalue weighted by Gasteiger charge is 2.30. The van der Waals surface area contributed by atoms with Gasteiger partial charge in [0.15, 0.2) is 9.84 Å². The average molecular weight is 428 g/mol. The van der Waals surface area contributed by atoms with E-state index in [-0.39, 0.29) is 28.6 Å². The summed E-state index contributed by atoms with van der Waals surface area (Å²) in [6, 6.07) is 10.7. The Hall–Kier alpha value is -3.53. The molecule has 1 atom stereocenters. The number of nitrogen functional groups attached to an aromatic ring is 1. The Morgan fingerprint density at radius 1 is 1.13 bits per heavy atom. The van der Waals surface area contributed by atoms with Gasteiger partial charge in [-0.1, -0.05) is 24.3 Å². The molecule has 3 aromatic rings. The summed E-state index contributed by atoms with van der Waals surface area (Å²) in [5.74, 6) is -0.726. The molecule has 4 rings (SSSR count). The van der Waals surface area contributed by atoms with E-state index in [9.17, 15) is 17.6 Å². The zero-order chi connectivity index (χ0) is 21.3. The smallest absolute Gasteiger partial charge is 0.407 e. The number of cyclic esters (lactones) is 1. The number of halogens is 1. The Morgan fingerprint density at radius 3 is 2.60 bits per heavy atom. The number of anilines is 1. The second kappa shape index (κ2) is 7.71. The van der Waals surface area contributed by atoms with Crippen LogP contribution in [0.4, 0.5) is 15.0 Å². The number of nitrogens with one attached hydrogen (secondary N) is 1. The molecule has 154 valence electrons. The summed E-state index contributed by atoms with van der Waals surface area (Å²) in [6.07, 6.45) is 1.27. The van der Waals surface area contributed by atoms with Gasteiger partial charge in [0.2, 0.25) is 0 Å². The van der Waals surface area contributed by atoms with Crippen molar-refractivity contribution in [3.63, 3.8) is 0 Å². The third kappa shape index (κ3) is 3.94. The average Bonchev–Trinajstić information content (AvgIpc) is 3.12. The van der Waals surface area contributed by atoms with Crippen molar-refractivity contribution in [3.8, 4) is 22.4 Å². The van der Waals surface area contributed by atoms with Gasteiger partial charge in [-0.05, 0) is 23.8 Å². The first-order chi connectivity index (χ1) is 14.3. The van der Waals surface area contributed by atoms with Crippen LogP contribution in [-0.4, -0.2) is 42.9 Å². The number of benzene rings is 2. The Bertz CT molecular complexity index is 1220. The van der Waals surface area contributed by atoms with Crippen LogP contribution in [0.15, 0.2) is 59.8 Å². The molecule has 0 bridgehead atoms. The van der Waals surface area contributed by atoms with Gasteiger partial charge in [-0.2, -0.15) is 0 Å². The molecule has 1 saturated heterocycles. The number of nitrogens with zero attached hydrogens (tertiary/aromatic N) is 2. The van der Waals surface area contributed by atoms with Gasteiger partial charge in [-0.3, -0.25) is 4.98 Å². The van der Waals surface area contributed by atoms with Gasteiger partial charge < -0.3 is 15.8 Å². The van der Waals surface area contributed by atoms with Crippen molar-refractivity contribution in [1.29, 1.82) is 0 Å². The minimum absolute atomic E-state index is 0.0346. The van der Waals surface area contributed by atoms with E-state index in [1.165, 1.54) is 30.6 Å². The van der Waals surface area contributed by atoms with E-state index in [1.54, 1.807) is 24.3 Å². The van der Waals surface area contributed by atoms with E-state index in [1.807, 2.05) is 0 Å². The molecule has 1 amide bonds. The quantitative estimate of drug-likeness (QED) is 0.639. The summed E-state index contributed by atoms with van der Waals surface area (Å²) in [5.41, 5.74) is 6.78. The highest BCUT2D eigenvalue weighted by Crippen LogP contribution is 2.32. The molecule has 0 radical (unpaired) electrons. The third-order valence-electron chi connectivity index (χ3n) is 4.60. The fourth-order valence-electron chi connectivity index (χ4n) is 3.20. The molecular weight excluding hydrogens is 411 g/mol. The highest BCUT2D eigenvalue weighted by molar-refractivity contribution is 7.91. The van der Waals surface area contributed by atoms with E-state index < -0.39 is 27.9 Å². The first kappa shape index (κ1) is 19.8. The lowest BCUT2D eigenvalue weighted by Crippen LogP contribution is -2.24. The van der Waals surface area contributed by atoms with Crippen LogP contribution in [-0.2, 0) is 14.6 Å². The molecule has 30 heavy (non-hydrogen) atoms. The van der Waals surface area contributed by atoms with Crippen LogP contribution in [0.1, 0.15) is 0 Å². The summed E-state index contributed by atoms with van der Waals surface area (Å²) in [7, 11) is -3.80. The largest absolute Gasteiger partial charge is 0.443 e. The topological polar surface area (TPSA) is 124 Å². The number of amides is 1. The molecular formula is C20H17FN4O4S. The number of ether oxygens (including phenoxy) is 1. The molecule has 10 heteroatoms. The van der Waals surface area contributed by atoms with Crippen molar-refractivity contribution in [2.45, 2.75) is 11.0 Å². The SMILES string of the molecule is Nc1cnc(-c2ccc(-c3ccccc3S(=O)(=O)CC3CNC(=O)O3)cc2F)cn1. The molecule has 1 fully saturated rings. The molecule has 0 saturated carbocycles. The molecule has 0 spiro atoms. The lowest BCUT2D eigenvalue weighted by atomic mass is 10.0. The van der Waals surface area contributed by atoms with Crippen LogP contribution in [0.2, 0.25) is 0 Å². The van der Waals surface area contributed by atoms with Crippen LogP contribution in [0, 0.1) is 5.82 Å². The van der Waals surface area contributed by atoms with Gasteiger partial charge in [-0.25, -0.2) is 22.6 Å². The minimum Gasteiger partial charge on any atom is -0.443 e. The lowest BCUT2D eigenvalue weighted by molar-refractivity contribution is 0.149.